The van der Waals surface area contributed by atoms with Gasteiger partial charge < -0.3 is 10.0 Å². The maximum Gasteiger partial charge on any atom is 0.186 e. The number of hydrogen-bond donors (Lipinski definition) is 1. The molecule has 1 saturated heterocycles. The third kappa shape index (κ3) is 2.39. The van der Waals surface area contributed by atoms with E-state index in [0.29, 0.717) is 5.92 Å². The van der Waals surface area contributed by atoms with Crippen molar-refractivity contribution in [3.63, 3.8) is 0 Å². The second kappa shape index (κ2) is 5.15. The molecule has 5 heteroatoms. The monoisotopic (exact) mass is 326 g/mol. The molecule has 2 aromatic rings. The molecule has 1 aliphatic heterocycles. The molecule has 0 bridgehead atoms. The van der Waals surface area contributed by atoms with Gasteiger partial charge in [0.2, 0.25) is 0 Å². The number of anilines is 1. The van der Waals surface area contributed by atoms with Gasteiger partial charge >= 0.3 is 0 Å². The van der Waals surface area contributed by atoms with Gasteiger partial charge in [-0.25, -0.2) is 4.98 Å². The van der Waals surface area contributed by atoms with E-state index >= 15 is 0 Å². The summed E-state index contributed by atoms with van der Waals surface area (Å²) < 4.78 is 2.31. The molecule has 1 aromatic heterocycles. The fourth-order valence-corrected chi connectivity index (χ4v) is 3.96. The molecule has 1 atom stereocenters. The Labute approximate surface area is 119 Å². The summed E-state index contributed by atoms with van der Waals surface area (Å²) >= 11 is 5.22. The summed E-state index contributed by atoms with van der Waals surface area (Å²) in [4.78, 5) is 7.00. The molecule has 3 nitrogen and oxygen atoms in total. The minimum atomic E-state index is 0.285. The average Bonchev–Trinajstić information content (AvgIpc) is 2.81. The van der Waals surface area contributed by atoms with Gasteiger partial charge in [0.05, 0.1) is 10.2 Å². The fraction of sp³-hybridized carbons (Fsp3) is 0.462. The Balaban J connectivity index is 1.89. The predicted octanol–water partition coefficient (Wildman–Crippen LogP) is 3.27. The van der Waals surface area contributed by atoms with Crippen LogP contribution in [0.2, 0.25) is 0 Å². The number of piperidine rings is 1. The average molecular weight is 327 g/mol. The lowest BCUT2D eigenvalue weighted by Crippen LogP contribution is -2.36. The largest absolute Gasteiger partial charge is 0.396 e. The van der Waals surface area contributed by atoms with E-state index < -0.39 is 0 Å². The molecule has 96 valence electrons. The first-order valence-corrected chi connectivity index (χ1v) is 7.79. The van der Waals surface area contributed by atoms with E-state index in [-0.39, 0.29) is 6.61 Å². The van der Waals surface area contributed by atoms with Crippen molar-refractivity contribution in [3.8, 4) is 0 Å². The summed E-state index contributed by atoms with van der Waals surface area (Å²) in [5, 5.41) is 10.4. The third-order valence-electron chi connectivity index (χ3n) is 3.39. The second-order valence-corrected chi connectivity index (χ2v) is 6.67. The molecule has 1 N–H and O–H groups in total. The Morgan fingerprint density at radius 3 is 3.22 bits per heavy atom. The molecule has 0 amide bonds. The fourth-order valence-electron chi connectivity index (χ4n) is 2.41. The van der Waals surface area contributed by atoms with Crippen LogP contribution in [-0.4, -0.2) is 29.8 Å². The number of aliphatic hydroxyl groups excluding tert-OH is 1. The van der Waals surface area contributed by atoms with Crippen LogP contribution in [0.25, 0.3) is 10.2 Å². The molecule has 0 saturated carbocycles. The van der Waals surface area contributed by atoms with Crippen LogP contribution in [0.1, 0.15) is 12.8 Å². The molecular formula is C13H15BrN2OS. The predicted molar refractivity (Wildman–Crippen MR) is 79.3 cm³/mol. The number of aliphatic hydroxyl groups is 1. The lowest BCUT2D eigenvalue weighted by atomic mass is 10.00. The van der Waals surface area contributed by atoms with Crippen LogP contribution in [0.4, 0.5) is 5.13 Å². The first kappa shape index (κ1) is 12.4. The van der Waals surface area contributed by atoms with Crippen molar-refractivity contribution < 1.29 is 5.11 Å². The van der Waals surface area contributed by atoms with E-state index in [9.17, 15) is 5.11 Å². The van der Waals surface area contributed by atoms with E-state index in [1.165, 1.54) is 4.70 Å². The number of rotatable bonds is 2. The third-order valence-corrected chi connectivity index (χ3v) is 4.96. The molecule has 0 spiro atoms. The summed E-state index contributed by atoms with van der Waals surface area (Å²) in [5.41, 5.74) is 1.06. The van der Waals surface area contributed by atoms with Gasteiger partial charge in [-0.2, -0.15) is 0 Å². The standard InChI is InChI=1S/C13H15BrN2OS/c14-10-3-4-11-12(6-10)18-13(15-11)16-5-1-2-9(7-16)8-17/h3-4,6,9,17H,1-2,5,7-8H2. The van der Waals surface area contributed by atoms with Gasteiger partial charge in [-0.15, -0.1) is 0 Å². The smallest absolute Gasteiger partial charge is 0.186 e. The van der Waals surface area contributed by atoms with Crippen LogP contribution < -0.4 is 4.90 Å². The maximum atomic E-state index is 9.28. The molecule has 18 heavy (non-hydrogen) atoms. The van der Waals surface area contributed by atoms with E-state index in [4.69, 9.17) is 0 Å². The van der Waals surface area contributed by atoms with Crippen LogP contribution in [0.5, 0.6) is 0 Å². The van der Waals surface area contributed by atoms with Crippen LogP contribution in [0.3, 0.4) is 0 Å². The Hall–Kier alpha value is -0.650. The van der Waals surface area contributed by atoms with E-state index in [1.54, 1.807) is 11.3 Å². The number of hydrogen-bond acceptors (Lipinski definition) is 4. The van der Waals surface area contributed by atoms with Gasteiger partial charge in [0.1, 0.15) is 0 Å². The van der Waals surface area contributed by atoms with Crippen molar-refractivity contribution in [2.45, 2.75) is 12.8 Å². The molecule has 0 radical (unpaired) electrons. The van der Waals surface area contributed by atoms with Crippen LogP contribution >= 0.6 is 27.3 Å². The lowest BCUT2D eigenvalue weighted by Gasteiger charge is -2.31. The van der Waals surface area contributed by atoms with Crippen molar-refractivity contribution in [2.24, 2.45) is 5.92 Å². The molecular weight excluding hydrogens is 312 g/mol. The number of halogens is 1. The normalized spacial score (nSPS) is 20.6. The highest BCUT2D eigenvalue weighted by atomic mass is 79.9. The molecule has 1 aromatic carbocycles. The minimum Gasteiger partial charge on any atom is -0.396 e. The Morgan fingerprint density at radius 1 is 1.50 bits per heavy atom. The first-order chi connectivity index (χ1) is 8.76. The number of aromatic nitrogens is 1. The van der Waals surface area contributed by atoms with Crippen LogP contribution in [0, 0.1) is 5.92 Å². The molecule has 3 rings (SSSR count). The number of nitrogens with zero attached hydrogens (tertiary/aromatic N) is 2. The summed E-state index contributed by atoms with van der Waals surface area (Å²) in [6.45, 7) is 2.27. The Bertz CT molecular complexity index is 557. The highest BCUT2D eigenvalue weighted by Gasteiger charge is 2.21. The molecule has 1 unspecified atom stereocenters. The zero-order valence-electron chi connectivity index (χ0n) is 9.97. The summed E-state index contributed by atoms with van der Waals surface area (Å²) in [7, 11) is 0. The molecule has 0 aliphatic carbocycles. The Morgan fingerprint density at radius 2 is 2.39 bits per heavy atom. The maximum absolute atomic E-state index is 9.28. The van der Waals surface area contributed by atoms with Crippen molar-refractivity contribution in [3.05, 3.63) is 22.7 Å². The SMILES string of the molecule is OCC1CCCN(c2nc3ccc(Br)cc3s2)C1. The highest BCUT2D eigenvalue weighted by molar-refractivity contribution is 9.10. The summed E-state index contributed by atoms with van der Waals surface area (Å²) in [6.07, 6.45) is 2.27. The van der Waals surface area contributed by atoms with Crippen molar-refractivity contribution in [1.82, 2.24) is 4.98 Å². The number of thiazole rings is 1. The number of benzene rings is 1. The molecule has 2 heterocycles. The Kier molecular flexibility index (Phi) is 3.54. The van der Waals surface area contributed by atoms with Gasteiger partial charge in [-0.3, -0.25) is 0 Å². The first-order valence-electron chi connectivity index (χ1n) is 6.18. The minimum absolute atomic E-state index is 0.285. The van der Waals surface area contributed by atoms with E-state index in [1.807, 2.05) is 12.1 Å². The van der Waals surface area contributed by atoms with Crippen LogP contribution in [-0.2, 0) is 0 Å². The quantitative estimate of drug-likeness (QED) is 0.920. The van der Waals surface area contributed by atoms with Crippen molar-refractivity contribution in [1.29, 1.82) is 0 Å². The summed E-state index contributed by atoms with van der Waals surface area (Å²) in [5.74, 6) is 0.400. The van der Waals surface area contributed by atoms with E-state index in [0.717, 1.165) is 41.1 Å². The van der Waals surface area contributed by atoms with Gasteiger partial charge in [0.25, 0.3) is 0 Å². The van der Waals surface area contributed by atoms with Gasteiger partial charge in [0.15, 0.2) is 5.13 Å². The zero-order valence-corrected chi connectivity index (χ0v) is 12.4. The highest BCUT2D eigenvalue weighted by Crippen LogP contribution is 2.32. The topological polar surface area (TPSA) is 36.4 Å². The summed E-state index contributed by atoms with van der Waals surface area (Å²) in [6, 6.07) is 6.19. The van der Waals surface area contributed by atoms with Crippen molar-refractivity contribution >= 4 is 42.6 Å². The molecule has 1 fully saturated rings. The zero-order chi connectivity index (χ0) is 12.5. The number of fused-ring (bicyclic) bond motifs is 1. The van der Waals surface area contributed by atoms with E-state index in [2.05, 4.69) is 31.9 Å². The van der Waals surface area contributed by atoms with Crippen molar-refractivity contribution in [2.75, 3.05) is 24.6 Å². The van der Waals surface area contributed by atoms with Gasteiger partial charge in [0, 0.05) is 24.2 Å². The van der Waals surface area contributed by atoms with Crippen LogP contribution in [0.15, 0.2) is 22.7 Å². The lowest BCUT2D eigenvalue weighted by molar-refractivity contribution is 0.208. The van der Waals surface area contributed by atoms with Gasteiger partial charge in [-0.05, 0) is 37.0 Å². The second-order valence-electron chi connectivity index (χ2n) is 4.75. The van der Waals surface area contributed by atoms with Gasteiger partial charge in [-0.1, -0.05) is 27.3 Å². The molecule has 1 aliphatic rings.